The van der Waals surface area contributed by atoms with Gasteiger partial charge < -0.3 is 4.98 Å². The first-order chi connectivity index (χ1) is 6.68. The highest BCUT2D eigenvalue weighted by Gasteiger charge is 2.15. The second-order valence-corrected chi connectivity index (χ2v) is 2.94. The lowest BCUT2D eigenvalue weighted by Gasteiger charge is -1.99. The van der Waals surface area contributed by atoms with Gasteiger partial charge in [-0.05, 0) is 31.1 Å². The van der Waals surface area contributed by atoms with Crippen LogP contribution in [0.5, 0.6) is 0 Å². The van der Waals surface area contributed by atoms with Crippen molar-refractivity contribution in [3.8, 4) is 0 Å². The Morgan fingerprint density at radius 3 is 2.79 bits per heavy atom. The topological polar surface area (TPSA) is 32.9 Å². The molecule has 1 aromatic heterocycles. The molecular formula is C11H16FNO. The van der Waals surface area contributed by atoms with E-state index in [1.54, 1.807) is 13.0 Å². The number of aromatic nitrogens is 1. The first-order valence-corrected chi connectivity index (χ1v) is 4.77. The van der Waals surface area contributed by atoms with Gasteiger partial charge in [-0.3, -0.25) is 4.79 Å². The molecule has 78 valence electrons. The molecule has 0 atom stereocenters. The molecular weight excluding hydrogens is 181 g/mol. The zero-order chi connectivity index (χ0) is 10.7. The zero-order valence-electron chi connectivity index (χ0n) is 8.65. The summed E-state index contributed by atoms with van der Waals surface area (Å²) in [5.74, 6) is -0.317. The van der Waals surface area contributed by atoms with Crippen molar-refractivity contribution >= 4 is 5.83 Å². The third-order valence-electron chi connectivity index (χ3n) is 2.05. The van der Waals surface area contributed by atoms with E-state index in [-0.39, 0.29) is 12.8 Å². The van der Waals surface area contributed by atoms with Crippen LogP contribution in [0.25, 0.3) is 5.83 Å². The monoisotopic (exact) mass is 197 g/mol. The summed E-state index contributed by atoms with van der Waals surface area (Å²) in [7, 11) is 0. The second kappa shape index (κ2) is 4.22. The molecule has 0 bridgehead atoms. The van der Waals surface area contributed by atoms with Gasteiger partial charge in [-0.1, -0.05) is 13.8 Å². The highest BCUT2D eigenvalue weighted by atomic mass is 19.1. The van der Waals surface area contributed by atoms with E-state index in [0.29, 0.717) is 17.7 Å². The summed E-state index contributed by atoms with van der Waals surface area (Å²) in [6.45, 7) is 5.72. The van der Waals surface area contributed by atoms with Crippen LogP contribution in [-0.4, -0.2) is 4.98 Å². The van der Waals surface area contributed by atoms with Crippen molar-refractivity contribution in [3.63, 3.8) is 0 Å². The minimum atomic E-state index is -0.317. The molecule has 14 heavy (non-hydrogen) atoms. The number of pyridine rings is 1. The molecule has 0 amide bonds. The summed E-state index contributed by atoms with van der Waals surface area (Å²) in [6.07, 6.45) is 2.05. The van der Waals surface area contributed by atoms with Crippen molar-refractivity contribution in [2.45, 2.75) is 27.2 Å². The van der Waals surface area contributed by atoms with E-state index in [1.807, 2.05) is 13.8 Å². The van der Waals surface area contributed by atoms with Crippen molar-refractivity contribution < 1.29 is 5.82 Å². The van der Waals surface area contributed by atoms with Crippen molar-refractivity contribution in [2.24, 2.45) is 0 Å². The summed E-state index contributed by atoms with van der Waals surface area (Å²) in [4.78, 5) is 13.6. The number of allylic oxidation sites excluding steroid dienone is 1. The van der Waals surface area contributed by atoms with Crippen LogP contribution in [0.15, 0.2) is 16.9 Å². The van der Waals surface area contributed by atoms with Gasteiger partial charge in [0.2, 0.25) is 0 Å². The molecule has 0 fully saturated rings. The summed E-state index contributed by atoms with van der Waals surface area (Å²) < 4.78 is 12.9. The highest BCUT2D eigenvalue weighted by Crippen LogP contribution is 2.25. The fourth-order valence-corrected chi connectivity index (χ4v) is 1.37. The number of halogens is 1. The number of rotatable bonds is 0. The Morgan fingerprint density at radius 2 is 2.14 bits per heavy atom. The maximum absolute atomic E-state index is 12.9. The van der Waals surface area contributed by atoms with Crippen molar-refractivity contribution in [1.29, 1.82) is 0 Å². The summed E-state index contributed by atoms with van der Waals surface area (Å²) in [6, 6.07) is 1.73. The van der Waals surface area contributed by atoms with Crippen LogP contribution in [0.1, 0.15) is 32.1 Å². The van der Waals surface area contributed by atoms with Gasteiger partial charge >= 0.3 is 0 Å². The number of aromatic amines is 1. The number of nitrogens with one attached hydrogen (secondary N) is 1. The molecule has 0 aromatic carbocycles. The minimum absolute atomic E-state index is 0. The molecule has 1 heterocycles. The first kappa shape index (κ1) is 10.7. The van der Waals surface area contributed by atoms with Gasteiger partial charge in [0.05, 0.1) is 5.69 Å². The number of fused-ring (bicyclic) bond motifs is 1. The summed E-state index contributed by atoms with van der Waals surface area (Å²) in [5, 5.41) is 0. The van der Waals surface area contributed by atoms with E-state index < -0.39 is 0 Å². The maximum atomic E-state index is 12.9. The zero-order valence-corrected chi connectivity index (χ0v) is 8.65. The molecule has 2 nitrogen and oxygen atoms in total. The van der Waals surface area contributed by atoms with Gasteiger partial charge in [-0.15, -0.1) is 0 Å². The Morgan fingerprint density at radius 1 is 1.50 bits per heavy atom. The molecule has 0 saturated carbocycles. The molecule has 1 aliphatic carbocycles. The van der Waals surface area contributed by atoms with Crippen molar-refractivity contribution in [2.75, 3.05) is 0 Å². The van der Waals surface area contributed by atoms with Crippen LogP contribution in [0.2, 0.25) is 0 Å². The number of H-pyrrole nitrogens is 1. The molecule has 0 radical (unpaired) electrons. The molecule has 1 aromatic rings. The fraction of sp³-hybridized carbons (Fsp3) is 0.364. The third-order valence-corrected chi connectivity index (χ3v) is 2.05. The predicted molar refractivity (Wildman–Crippen MR) is 58.1 cm³/mol. The van der Waals surface area contributed by atoms with E-state index in [4.69, 9.17) is 0 Å². The predicted octanol–water partition coefficient (Wildman–Crippen LogP) is 2.82. The molecule has 1 N–H and O–H groups in total. The average molecular weight is 197 g/mol. The molecule has 2 rings (SSSR count). The highest BCUT2D eigenvalue weighted by molar-refractivity contribution is 5.64. The Balaban J connectivity index is 0.000000617. The van der Waals surface area contributed by atoms with Gasteiger partial charge in [0.15, 0.2) is 0 Å². The molecule has 0 spiro atoms. The largest absolute Gasteiger partial charge is 0.320 e. The van der Waals surface area contributed by atoms with E-state index in [0.717, 1.165) is 5.56 Å². The van der Waals surface area contributed by atoms with E-state index in [1.165, 1.54) is 6.08 Å². The lowest BCUT2D eigenvalue weighted by Crippen LogP contribution is -2.11. The maximum Gasteiger partial charge on any atom is 0.251 e. The van der Waals surface area contributed by atoms with Crippen LogP contribution < -0.4 is 5.56 Å². The van der Waals surface area contributed by atoms with E-state index in [2.05, 4.69) is 4.98 Å². The number of hydrogen-bond acceptors (Lipinski definition) is 1. The Kier molecular flexibility index (Phi) is 3.23. The minimum Gasteiger partial charge on any atom is -0.320 e. The van der Waals surface area contributed by atoms with Crippen LogP contribution in [0.4, 0.5) is 4.39 Å². The quantitative estimate of drug-likeness (QED) is 0.681. The SMILES string of the molecule is CC.Cc1cc2c([nH]c1=O)C(F)=CC2.[HH]. The molecule has 0 unspecified atom stereocenters. The Hall–Kier alpha value is -1.38. The van der Waals surface area contributed by atoms with Gasteiger partial charge in [0.1, 0.15) is 5.83 Å². The van der Waals surface area contributed by atoms with Crippen molar-refractivity contribution in [1.82, 2.24) is 4.98 Å². The average Bonchev–Trinajstić information content (AvgIpc) is 2.53. The van der Waals surface area contributed by atoms with Gasteiger partial charge in [-0.2, -0.15) is 0 Å². The second-order valence-electron chi connectivity index (χ2n) is 2.94. The van der Waals surface area contributed by atoms with E-state index in [9.17, 15) is 9.18 Å². The Labute approximate surface area is 84.0 Å². The lowest BCUT2D eigenvalue weighted by molar-refractivity contribution is 0.754. The smallest absolute Gasteiger partial charge is 0.251 e. The van der Waals surface area contributed by atoms with Crippen LogP contribution >= 0.6 is 0 Å². The first-order valence-electron chi connectivity index (χ1n) is 4.77. The lowest BCUT2D eigenvalue weighted by atomic mass is 10.1. The fourth-order valence-electron chi connectivity index (χ4n) is 1.37. The van der Waals surface area contributed by atoms with E-state index >= 15 is 0 Å². The number of hydrogen-bond donors (Lipinski definition) is 1. The Bertz CT molecular complexity index is 423. The summed E-state index contributed by atoms with van der Waals surface area (Å²) in [5.41, 5.74) is 1.64. The molecule has 0 saturated heterocycles. The summed E-state index contributed by atoms with van der Waals surface area (Å²) >= 11 is 0. The van der Waals surface area contributed by atoms with Crippen LogP contribution in [0, 0.1) is 6.92 Å². The molecule has 3 heteroatoms. The van der Waals surface area contributed by atoms with Gasteiger partial charge in [0.25, 0.3) is 5.56 Å². The number of aryl methyl sites for hydroxylation is 1. The molecule has 1 aliphatic rings. The van der Waals surface area contributed by atoms with Crippen molar-refractivity contribution in [3.05, 3.63) is 39.3 Å². The van der Waals surface area contributed by atoms with Crippen LogP contribution in [-0.2, 0) is 6.42 Å². The standard InChI is InChI=1S/C9H8FNO.C2H6.H2/c1-5-4-6-2-3-7(10)8(6)11-9(5)12;1-2;/h3-4H,2H2,1H3,(H,11,12);1-2H3;1H. The molecule has 0 aliphatic heterocycles. The van der Waals surface area contributed by atoms with Gasteiger partial charge in [-0.25, -0.2) is 4.39 Å². The normalized spacial score (nSPS) is 12.7. The third kappa shape index (κ3) is 1.76. The van der Waals surface area contributed by atoms with Crippen LogP contribution in [0.3, 0.4) is 0 Å². The van der Waals surface area contributed by atoms with Gasteiger partial charge in [0, 0.05) is 6.99 Å².